The van der Waals surface area contributed by atoms with E-state index in [0.717, 1.165) is 60.0 Å². The van der Waals surface area contributed by atoms with Gasteiger partial charge in [0.2, 0.25) is 11.2 Å². The van der Waals surface area contributed by atoms with Crippen LogP contribution in [0.15, 0.2) is 61.2 Å². The Morgan fingerprint density at radius 3 is 1.34 bits per heavy atom. The number of ether oxygens (including phenoxy) is 3. The predicted octanol–water partition coefficient (Wildman–Crippen LogP) is 8.27. The number of nitro groups is 1. The Labute approximate surface area is 681 Å². The van der Waals surface area contributed by atoms with Crippen molar-refractivity contribution in [2.75, 3.05) is 87.8 Å². The van der Waals surface area contributed by atoms with Crippen LogP contribution in [0.3, 0.4) is 0 Å². The first-order valence-electron chi connectivity index (χ1n) is 33.7. The molecule has 10 atom stereocenters. The number of nitro benzene ring substituents is 1. The van der Waals surface area contributed by atoms with Crippen LogP contribution in [0, 0.1) is 60.4 Å². The summed E-state index contributed by atoms with van der Waals surface area (Å²) in [4.78, 5) is 66.4. The number of nitrogens with zero attached hydrogens (tertiary/aromatic N) is 10. The Kier molecular flexibility index (Phi) is 41.8. The molecule has 0 bridgehead atoms. The zero-order chi connectivity index (χ0) is 81.6. The number of nitrogens with two attached hydrogens (primary N) is 2. The third kappa shape index (κ3) is 30.4. The number of carbonyl (C=O) groups excluding carboxylic acids is 4. The van der Waals surface area contributed by atoms with Gasteiger partial charge in [0.05, 0.1) is 49.3 Å². The molecule has 5 aromatic rings. The number of nitrogen functional groups attached to an aromatic ring is 2. The first-order valence-corrected chi connectivity index (χ1v) is 41.0. The summed E-state index contributed by atoms with van der Waals surface area (Å²) in [6.45, 7) is 26.2. The Morgan fingerprint density at radius 1 is 0.682 bits per heavy atom. The minimum Gasteiger partial charge on any atom is -1.00 e. The minimum absolute atomic E-state index is 0. The number of non-ortho nitro benzene ring substituents is 1. The Bertz CT molecular complexity index is 3920. The Balaban J connectivity index is 0.000000535. The van der Waals surface area contributed by atoms with Crippen LogP contribution in [0.1, 0.15) is 140 Å². The number of thioether (sulfide) groups is 4. The van der Waals surface area contributed by atoms with Crippen molar-refractivity contribution >= 4 is 144 Å². The van der Waals surface area contributed by atoms with Gasteiger partial charge < -0.3 is 63.8 Å². The normalized spacial score (nSPS) is 21.3. The molecule has 610 valence electrons. The van der Waals surface area contributed by atoms with Gasteiger partial charge in [0.1, 0.15) is 78.8 Å². The smallest absolute Gasteiger partial charge is 1.00 e. The molecule has 0 radical (unpaired) electrons. The topological polar surface area (TPSA) is 453 Å². The Morgan fingerprint density at radius 2 is 1.04 bits per heavy atom. The second-order valence-corrected chi connectivity index (χ2v) is 37.3. The molecule has 8 rings (SSSR count). The fourth-order valence-electron chi connectivity index (χ4n) is 8.91. The number of phosphoric acid groups is 2. The molecular formula is C67H100ClF2MgN12O20P3S4. The molecule has 4 aromatic heterocycles. The summed E-state index contributed by atoms with van der Waals surface area (Å²) in [6, 6.07) is 14.5. The predicted molar refractivity (Wildman–Crippen MR) is 417 cm³/mol. The molecule has 2 unspecified atom stereocenters. The number of halogens is 3. The van der Waals surface area contributed by atoms with Gasteiger partial charge >= 0.3 is 38.7 Å². The number of aromatic nitrogens is 6. The molecule has 0 aliphatic carbocycles. The van der Waals surface area contributed by atoms with Crippen molar-refractivity contribution in [3.8, 4) is 17.9 Å². The molecule has 3 saturated heterocycles. The molecule has 3 fully saturated rings. The molecule has 1 aromatic carbocycles. The summed E-state index contributed by atoms with van der Waals surface area (Å²) in [7, 11) is -3.93. The SMILES string of the molecule is CC(C)(C)C(=O)SCCOP(=O)(OCCSC(=O)C(C)(C)C)OC[C@@]1(C#N)O[C@@H](c2ccc3c(N)ncnn23)[C@H](F)[C@@H]1O.CC(C)(C)C(=O)SCCOP(=O)(OCCSC(=O)C(C)(C)C)Oc1ccc([N+](=O)[O-])cc1.CN(P)C1CCCO1.C[C-](C)C.N#C[C@]1(CO)O[C@@H](c2ccc3c(N)ncnn23)[C@H](F)[C@@H]1O.[Cl-].[Mg+2]. The van der Waals surface area contributed by atoms with E-state index in [2.05, 4.69) is 50.3 Å². The van der Waals surface area contributed by atoms with Gasteiger partial charge in [-0.3, -0.25) is 56.6 Å². The summed E-state index contributed by atoms with van der Waals surface area (Å²) >= 11 is 4.05. The van der Waals surface area contributed by atoms with E-state index in [4.69, 9.17) is 58.1 Å². The molecular weight excluding hydrogens is 1610 g/mol. The molecule has 0 amide bonds. The van der Waals surface area contributed by atoms with Gasteiger partial charge in [0.25, 0.3) is 5.69 Å². The maximum atomic E-state index is 15.4. The Hall–Kier alpha value is -4.35. The number of rotatable bonds is 26. The van der Waals surface area contributed by atoms with Gasteiger partial charge in [-0.05, 0) is 56.3 Å². The fourth-order valence-corrected chi connectivity index (χ4v) is 15.2. The number of hydrogen-bond acceptors (Lipinski definition) is 33. The summed E-state index contributed by atoms with van der Waals surface area (Å²) in [5, 5.41) is 67.5. The molecule has 3 aliphatic rings. The van der Waals surface area contributed by atoms with Crippen molar-refractivity contribution < 1.29 is 111 Å². The van der Waals surface area contributed by atoms with E-state index < -0.39 is 103 Å². The van der Waals surface area contributed by atoms with Gasteiger partial charge in [-0.15, -0.1) is 0 Å². The number of aliphatic hydroxyl groups excluding tert-OH is 3. The quantitative estimate of drug-likeness (QED) is 0.00868. The van der Waals surface area contributed by atoms with Crippen LogP contribution >= 0.6 is 72.1 Å². The number of hydrogen-bond donors (Lipinski definition) is 5. The molecule has 0 saturated carbocycles. The van der Waals surface area contributed by atoms with Crippen molar-refractivity contribution in [2.45, 2.75) is 171 Å². The third-order valence-electron chi connectivity index (χ3n) is 14.8. The number of carbonyl (C=O) groups is 4. The molecule has 32 nitrogen and oxygen atoms in total. The van der Waals surface area contributed by atoms with E-state index in [1.807, 2.05) is 11.7 Å². The second-order valence-electron chi connectivity index (χ2n) is 28.9. The van der Waals surface area contributed by atoms with Crippen LogP contribution in [0.2, 0.25) is 0 Å². The van der Waals surface area contributed by atoms with Crippen molar-refractivity contribution in [3.63, 3.8) is 0 Å². The van der Waals surface area contributed by atoms with Gasteiger partial charge in [-0.1, -0.05) is 140 Å². The number of fused-ring (bicyclic) bond motifs is 2. The van der Waals surface area contributed by atoms with Crippen LogP contribution < -0.4 is 28.4 Å². The van der Waals surface area contributed by atoms with Crippen LogP contribution in [0.25, 0.3) is 11.0 Å². The monoisotopic (exact) mass is 1710 g/mol. The number of anilines is 2. The number of alkyl halides is 2. The van der Waals surface area contributed by atoms with Gasteiger partial charge in [-0.2, -0.15) is 41.5 Å². The summed E-state index contributed by atoms with van der Waals surface area (Å²) in [5.74, 6) is 2.54. The zero-order valence-corrected chi connectivity index (χ0v) is 72.7. The van der Waals surface area contributed by atoms with Crippen molar-refractivity contribution in [1.82, 2.24) is 33.9 Å². The molecule has 0 spiro atoms. The van der Waals surface area contributed by atoms with Gasteiger partial charge in [0, 0.05) is 63.4 Å². The first-order chi connectivity index (χ1) is 50.2. The summed E-state index contributed by atoms with van der Waals surface area (Å²) in [5.41, 5.74) is 6.11. The minimum atomic E-state index is -4.46. The molecule has 110 heavy (non-hydrogen) atoms. The van der Waals surface area contributed by atoms with Crippen LogP contribution in [0.4, 0.5) is 26.1 Å². The van der Waals surface area contributed by atoms with Crippen LogP contribution in [-0.4, -0.2) is 216 Å². The first kappa shape index (κ1) is 102. The summed E-state index contributed by atoms with van der Waals surface area (Å²) < 4.78 is 110. The molecule has 3 aliphatic heterocycles. The zero-order valence-electron chi connectivity index (χ0n) is 64.4. The third-order valence-corrected chi connectivity index (χ3v) is 23.0. The van der Waals surface area contributed by atoms with E-state index in [1.54, 1.807) is 101 Å². The number of benzene rings is 1. The van der Waals surface area contributed by atoms with Crippen LogP contribution in [0.5, 0.6) is 5.75 Å². The average molecular weight is 1710 g/mol. The number of nitriles is 2. The van der Waals surface area contributed by atoms with Crippen molar-refractivity contribution in [3.05, 3.63) is 88.6 Å². The van der Waals surface area contributed by atoms with Crippen LogP contribution in [-0.2, 0) is 65.1 Å². The average Bonchev–Trinajstić information content (AvgIpc) is 1.60. The number of aliphatic hydroxyl groups is 3. The van der Waals surface area contributed by atoms with E-state index in [-0.39, 0.29) is 140 Å². The second kappa shape index (κ2) is 45.2. The van der Waals surface area contributed by atoms with E-state index in [1.165, 1.54) is 76.6 Å². The van der Waals surface area contributed by atoms with E-state index in [0.29, 0.717) is 17.3 Å². The molecule has 43 heteroatoms. The van der Waals surface area contributed by atoms with Crippen molar-refractivity contribution in [1.29, 1.82) is 10.5 Å². The maximum absolute atomic E-state index is 15.4. The maximum Gasteiger partial charge on any atom is 2.00 e. The standard InChI is InChI=1S/C26H37FN5O8PS2.C20H30NO8PS2.C12H12FN5O3.C5H12NOP.C4H9.ClH.Mg/c1-24(2,3)22(34)42-11-9-37-41(36,38-10-12-43-23(35)25(4,5)6)39-14-26(13-28)20(33)18(27)19(40-26)16-7-8-17-21(29)30-15-31-32(16)17;1-19(2,3)17(22)31-13-11-27-30(26,28-12-14-32-18(23)20(4,5)6)29-16-9-7-15(8-10-16)21(24)25;13-8-9(21-12(3-14,4-19)10(8)20)6-1-2-7-11(15)16-5-17-18(6)7;1-6(8)5-3-2-4-7-5;1-4(2)3;;/h7-8,15,18-20,33H,9-12,14H2,1-6H3,(H2,29,30,31);7-10H,11-14H2,1-6H3;1-2,5,8-10,19-20H,4H2,(H2,15,16,17);5H,2-4,8H2,1H3;1-3H3;1H;/q;;;;-1;;+2/p-1/t18-,19-,20-,26+;;8-,9-,10-,12+;;;;/m0.0..../s1. The van der Waals surface area contributed by atoms with E-state index >= 15 is 4.39 Å². The van der Waals surface area contributed by atoms with E-state index in [9.17, 15) is 63.4 Å². The largest absolute Gasteiger partial charge is 2.00 e. The molecule has 7 heterocycles. The van der Waals surface area contributed by atoms with Gasteiger partial charge in [-0.25, -0.2) is 36.9 Å². The van der Waals surface area contributed by atoms with Gasteiger partial charge in [0.15, 0.2) is 44.4 Å². The van der Waals surface area contributed by atoms with Crippen molar-refractivity contribution in [2.24, 2.45) is 21.7 Å². The fraction of sp³-hybridized carbons (Fsp3) is 0.627. The number of phosphoric ester groups is 2. The molecule has 7 N–H and O–H groups in total. The summed E-state index contributed by atoms with van der Waals surface area (Å²) in [6.07, 6.45) is -5.35.